The number of amidine groups is 1. The fourth-order valence-electron chi connectivity index (χ4n) is 2.16. The predicted molar refractivity (Wildman–Crippen MR) is 76.5 cm³/mol. The average Bonchev–Trinajstić information content (AvgIpc) is 2.48. The Morgan fingerprint density at radius 1 is 0.850 bits per heavy atom. The van der Waals surface area contributed by atoms with Crippen molar-refractivity contribution in [3.63, 3.8) is 0 Å². The summed E-state index contributed by atoms with van der Waals surface area (Å²) in [4.78, 5) is 29.4. The van der Waals surface area contributed by atoms with Crippen LogP contribution in [0.2, 0.25) is 0 Å². The molecule has 2 aromatic carbocycles. The molecule has 1 aliphatic rings. The topological polar surface area (TPSA) is 49.7 Å². The highest BCUT2D eigenvalue weighted by molar-refractivity contribution is 6.31. The van der Waals surface area contributed by atoms with Crippen LogP contribution in [0.5, 0.6) is 0 Å². The van der Waals surface area contributed by atoms with E-state index in [1.54, 1.807) is 0 Å². The number of hydrogen-bond donors (Lipinski definition) is 0. The Morgan fingerprint density at radius 2 is 1.45 bits per heavy atom. The van der Waals surface area contributed by atoms with E-state index in [-0.39, 0.29) is 12.3 Å². The molecule has 98 valence electrons. The number of amides is 2. The molecule has 0 saturated heterocycles. The highest BCUT2D eigenvalue weighted by Crippen LogP contribution is 2.21. The van der Waals surface area contributed by atoms with Gasteiger partial charge < -0.3 is 0 Å². The lowest BCUT2D eigenvalue weighted by atomic mass is 10.1. The highest BCUT2D eigenvalue weighted by atomic mass is 16.2. The second kappa shape index (κ2) is 5.09. The standard InChI is InChI=1S/C16H12N2O2/c19-14-11-15(20)18(13-9-5-2-6-10-13)16(17-14)12-7-3-1-4-8-12/h1-10H,11H2. The summed E-state index contributed by atoms with van der Waals surface area (Å²) in [5.41, 5.74) is 1.46. The highest BCUT2D eigenvalue weighted by Gasteiger charge is 2.29. The Labute approximate surface area is 116 Å². The Bertz CT molecular complexity index is 678. The maximum absolute atomic E-state index is 12.2. The molecule has 4 heteroatoms. The molecule has 0 saturated carbocycles. The SMILES string of the molecule is O=C1CC(=O)N(c2ccccc2)C(c2ccccc2)=N1. The van der Waals surface area contributed by atoms with Crippen molar-refractivity contribution < 1.29 is 9.59 Å². The third kappa shape index (κ3) is 2.23. The summed E-state index contributed by atoms with van der Waals surface area (Å²) in [6.07, 6.45) is -0.189. The molecule has 0 radical (unpaired) electrons. The summed E-state index contributed by atoms with van der Waals surface area (Å²) in [6.45, 7) is 0. The molecule has 4 nitrogen and oxygen atoms in total. The first-order valence-corrected chi connectivity index (χ1v) is 6.30. The van der Waals surface area contributed by atoms with Crippen molar-refractivity contribution in [1.82, 2.24) is 0 Å². The molecule has 1 heterocycles. The molecule has 0 unspecified atom stereocenters. The van der Waals surface area contributed by atoms with Crippen molar-refractivity contribution in [2.24, 2.45) is 4.99 Å². The molecule has 0 spiro atoms. The van der Waals surface area contributed by atoms with Crippen LogP contribution in [0.1, 0.15) is 12.0 Å². The van der Waals surface area contributed by atoms with Crippen LogP contribution in [-0.2, 0) is 9.59 Å². The van der Waals surface area contributed by atoms with Crippen molar-refractivity contribution in [3.8, 4) is 0 Å². The molecule has 0 N–H and O–H groups in total. The van der Waals surface area contributed by atoms with E-state index >= 15 is 0 Å². The van der Waals surface area contributed by atoms with Crippen molar-refractivity contribution in [2.45, 2.75) is 6.42 Å². The molecule has 0 bridgehead atoms. The molecule has 20 heavy (non-hydrogen) atoms. The van der Waals surface area contributed by atoms with Gasteiger partial charge in [0.1, 0.15) is 6.42 Å². The lowest BCUT2D eigenvalue weighted by Gasteiger charge is -2.27. The molecule has 2 aromatic rings. The summed E-state index contributed by atoms with van der Waals surface area (Å²) in [5, 5.41) is 0. The molecule has 0 aromatic heterocycles. The van der Waals surface area contributed by atoms with E-state index in [1.807, 2.05) is 60.7 Å². The van der Waals surface area contributed by atoms with E-state index in [0.29, 0.717) is 11.5 Å². The van der Waals surface area contributed by atoms with Gasteiger partial charge in [0.05, 0.1) is 5.69 Å². The predicted octanol–water partition coefficient (Wildman–Crippen LogP) is 2.40. The summed E-state index contributed by atoms with van der Waals surface area (Å²) in [6, 6.07) is 18.5. The van der Waals surface area contributed by atoms with Crippen molar-refractivity contribution in [2.75, 3.05) is 4.90 Å². The van der Waals surface area contributed by atoms with Crippen LogP contribution < -0.4 is 4.90 Å². The van der Waals surface area contributed by atoms with E-state index in [4.69, 9.17) is 0 Å². The molecule has 3 rings (SSSR count). The fraction of sp³-hybridized carbons (Fsp3) is 0.0625. The zero-order valence-electron chi connectivity index (χ0n) is 10.7. The van der Waals surface area contributed by atoms with Gasteiger partial charge in [-0.3, -0.25) is 14.5 Å². The van der Waals surface area contributed by atoms with Gasteiger partial charge in [0.15, 0.2) is 5.84 Å². The van der Waals surface area contributed by atoms with Crippen molar-refractivity contribution in [1.29, 1.82) is 0 Å². The van der Waals surface area contributed by atoms with E-state index in [0.717, 1.165) is 5.56 Å². The normalized spacial score (nSPS) is 15.2. The summed E-state index contributed by atoms with van der Waals surface area (Å²) < 4.78 is 0. The fourth-order valence-corrected chi connectivity index (χ4v) is 2.16. The Kier molecular flexibility index (Phi) is 3.13. The van der Waals surface area contributed by atoms with E-state index in [9.17, 15) is 9.59 Å². The molecule has 0 fully saturated rings. The minimum atomic E-state index is -0.402. The lowest BCUT2D eigenvalue weighted by Crippen LogP contribution is -2.42. The number of carbonyl (C=O) groups is 2. The minimum absolute atomic E-state index is 0.189. The minimum Gasteiger partial charge on any atom is -0.273 e. The van der Waals surface area contributed by atoms with Gasteiger partial charge in [-0.1, -0.05) is 48.5 Å². The molecular weight excluding hydrogens is 252 g/mol. The Balaban J connectivity index is 2.12. The third-order valence-electron chi connectivity index (χ3n) is 3.04. The number of benzene rings is 2. The molecule has 0 atom stereocenters. The zero-order chi connectivity index (χ0) is 13.9. The van der Waals surface area contributed by atoms with Crippen molar-refractivity contribution >= 4 is 23.3 Å². The van der Waals surface area contributed by atoms with Crippen LogP contribution in [0.4, 0.5) is 5.69 Å². The summed E-state index contributed by atoms with van der Waals surface area (Å²) >= 11 is 0. The van der Waals surface area contributed by atoms with E-state index < -0.39 is 5.91 Å². The maximum atomic E-state index is 12.2. The van der Waals surface area contributed by atoms with Crippen LogP contribution in [-0.4, -0.2) is 17.6 Å². The van der Waals surface area contributed by atoms with Crippen LogP contribution >= 0.6 is 0 Å². The van der Waals surface area contributed by atoms with Gasteiger partial charge in [-0.25, -0.2) is 0 Å². The monoisotopic (exact) mass is 264 g/mol. The molecule has 2 amide bonds. The zero-order valence-corrected chi connectivity index (χ0v) is 10.7. The number of rotatable bonds is 2. The van der Waals surface area contributed by atoms with Crippen molar-refractivity contribution in [3.05, 3.63) is 66.2 Å². The quantitative estimate of drug-likeness (QED) is 0.782. The lowest BCUT2D eigenvalue weighted by molar-refractivity contribution is -0.126. The second-order valence-electron chi connectivity index (χ2n) is 4.44. The van der Waals surface area contributed by atoms with E-state index in [2.05, 4.69) is 4.99 Å². The second-order valence-corrected chi connectivity index (χ2v) is 4.44. The number of para-hydroxylation sites is 1. The largest absolute Gasteiger partial charge is 0.273 e. The average molecular weight is 264 g/mol. The molecular formula is C16H12N2O2. The van der Waals surface area contributed by atoms with Gasteiger partial charge in [0.2, 0.25) is 5.91 Å². The third-order valence-corrected chi connectivity index (χ3v) is 3.04. The Hall–Kier alpha value is -2.75. The number of hydrogen-bond acceptors (Lipinski definition) is 2. The first-order chi connectivity index (χ1) is 9.75. The summed E-state index contributed by atoms with van der Waals surface area (Å²) in [7, 11) is 0. The number of aliphatic imine (C=N–C) groups is 1. The van der Waals surface area contributed by atoms with Crippen LogP contribution in [0.15, 0.2) is 65.7 Å². The number of anilines is 1. The van der Waals surface area contributed by atoms with Gasteiger partial charge in [0.25, 0.3) is 5.91 Å². The molecule has 0 aliphatic carbocycles. The smallest absolute Gasteiger partial charge is 0.257 e. The van der Waals surface area contributed by atoms with Crippen LogP contribution in [0, 0.1) is 0 Å². The number of nitrogens with zero attached hydrogens (tertiary/aromatic N) is 2. The molecule has 1 aliphatic heterocycles. The van der Waals surface area contributed by atoms with Gasteiger partial charge in [-0.15, -0.1) is 0 Å². The first-order valence-electron chi connectivity index (χ1n) is 6.30. The maximum Gasteiger partial charge on any atom is 0.257 e. The van der Waals surface area contributed by atoms with Gasteiger partial charge in [0, 0.05) is 5.56 Å². The van der Waals surface area contributed by atoms with Gasteiger partial charge in [-0.05, 0) is 12.1 Å². The van der Waals surface area contributed by atoms with Crippen LogP contribution in [0.3, 0.4) is 0 Å². The van der Waals surface area contributed by atoms with Gasteiger partial charge >= 0.3 is 0 Å². The Morgan fingerprint density at radius 3 is 2.10 bits per heavy atom. The number of carbonyl (C=O) groups excluding carboxylic acids is 2. The van der Waals surface area contributed by atoms with Crippen LogP contribution in [0.25, 0.3) is 0 Å². The summed E-state index contributed by atoms with van der Waals surface area (Å²) in [5.74, 6) is -0.269. The van der Waals surface area contributed by atoms with E-state index in [1.165, 1.54) is 4.90 Å². The van der Waals surface area contributed by atoms with Gasteiger partial charge in [-0.2, -0.15) is 4.99 Å². The first kappa shape index (κ1) is 12.3.